The molecule has 0 aliphatic heterocycles. The summed E-state index contributed by atoms with van der Waals surface area (Å²) in [5.41, 5.74) is 0. The normalized spacial score (nSPS) is 14.9. The minimum atomic E-state index is -3.09. The van der Waals surface area contributed by atoms with Crippen LogP contribution in [0.5, 0.6) is 0 Å². The van der Waals surface area contributed by atoms with Crippen LogP contribution in [0.1, 0.15) is 53.9 Å². The smallest absolute Gasteiger partial charge is 0.212 e. The molecule has 92 valence electrons. The van der Waals surface area contributed by atoms with E-state index in [1.807, 2.05) is 13.8 Å². The van der Waals surface area contributed by atoms with Crippen LogP contribution in [0.2, 0.25) is 0 Å². The molecule has 0 saturated carbocycles. The van der Waals surface area contributed by atoms with Gasteiger partial charge < -0.3 is 0 Å². The summed E-state index contributed by atoms with van der Waals surface area (Å²) in [6, 6.07) is 0.115. The van der Waals surface area contributed by atoms with E-state index < -0.39 is 10.0 Å². The summed E-state index contributed by atoms with van der Waals surface area (Å²) in [6.07, 6.45) is 2.84. The number of sulfonamides is 1. The molecule has 0 fully saturated rings. The molecule has 0 aromatic carbocycles. The minimum absolute atomic E-state index is 0.115. The van der Waals surface area contributed by atoms with Crippen LogP contribution in [-0.2, 0) is 10.0 Å². The predicted octanol–water partition coefficient (Wildman–Crippen LogP) is 2.63. The standard InChI is InChI=1S/C11H25NO2S/c1-6-8-9-12(11(5)7-2)15(13,14)10(3)4/h10-11H,6-9H2,1-5H3. The zero-order valence-electron chi connectivity index (χ0n) is 10.7. The van der Waals surface area contributed by atoms with Crippen molar-refractivity contribution in [2.24, 2.45) is 0 Å². The van der Waals surface area contributed by atoms with Gasteiger partial charge in [0.2, 0.25) is 10.0 Å². The van der Waals surface area contributed by atoms with Gasteiger partial charge in [-0.25, -0.2) is 8.42 Å². The topological polar surface area (TPSA) is 37.4 Å². The molecule has 0 saturated heterocycles. The molecule has 0 aromatic rings. The van der Waals surface area contributed by atoms with Crippen LogP contribution in [0, 0.1) is 0 Å². The van der Waals surface area contributed by atoms with Crippen molar-refractivity contribution >= 4 is 10.0 Å². The highest BCUT2D eigenvalue weighted by atomic mass is 32.2. The molecule has 0 bridgehead atoms. The lowest BCUT2D eigenvalue weighted by Crippen LogP contribution is -2.42. The first kappa shape index (κ1) is 14.9. The third-order valence-electron chi connectivity index (χ3n) is 2.74. The van der Waals surface area contributed by atoms with Gasteiger partial charge >= 0.3 is 0 Å². The summed E-state index contributed by atoms with van der Waals surface area (Å²) in [6.45, 7) is 10.2. The molecule has 0 amide bonds. The Morgan fingerprint density at radius 3 is 2.00 bits per heavy atom. The van der Waals surface area contributed by atoms with Gasteiger partial charge in [0.15, 0.2) is 0 Å². The Morgan fingerprint density at radius 1 is 1.13 bits per heavy atom. The lowest BCUT2D eigenvalue weighted by molar-refractivity contribution is 0.321. The number of rotatable bonds is 7. The largest absolute Gasteiger partial charge is 0.216 e. The Balaban J connectivity index is 4.77. The van der Waals surface area contributed by atoms with Crippen LogP contribution in [0.15, 0.2) is 0 Å². The van der Waals surface area contributed by atoms with Gasteiger partial charge in [-0.15, -0.1) is 0 Å². The zero-order chi connectivity index (χ0) is 12.1. The highest BCUT2D eigenvalue weighted by Crippen LogP contribution is 2.15. The van der Waals surface area contributed by atoms with Crippen molar-refractivity contribution in [3.63, 3.8) is 0 Å². The van der Waals surface area contributed by atoms with Gasteiger partial charge in [-0.1, -0.05) is 20.3 Å². The van der Waals surface area contributed by atoms with Gasteiger partial charge in [-0.3, -0.25) is 0 Å². The molecule has 15 heavy (non-hydrogen) atoms. The van der Waals surface area contributed by atoms with Crippen molar-refractivity contribution in [1.29, 1.82) is 0 Å². The fourth-order valence-electron chi connectivity index (χ4n) is 1.39. The highest BCUT2D eigenvalue weighted by molar-refractivity contribution is 7.89. The molecule has 1 atom stereocenters. The summed E-state index contributed by atoms with van der Waals surface area (Å²) in [4.78, 5) is 0. The van der Waals surface area contributed by atoms with E-state index >= 15 is 0 Å². The van der Waals surface area contributed by atoms with E-state index in [2.05, 4.69) is 6.92 Å². The van der Waals surface area contributed by atoms with Crippen molar-refractivity contribution in [3.05, 3.63) is 0 Å². The second-order valence-corrected chi connectivity index (χ2v) is 6.76. The van der Waals surface area contributed by atoms with Crippen LogP contribution < -0.4 is 0 Å². The third-order valence-corrected chi connectivity index (χ3v) is 5.12. The maximum absolute atomic E-state index is 12.1. The second-order valence-electron chi connectivity index (χ2n) is 4.32. The van der Waals surface area contributed by atoms with Gasteiger partial charge in [0.25, 0.3) is 0 Å². The molecule has 0 radical (unpaired) electrons. The number of unbranched alkanes of at least 4 members (excludes halogenated alkanes) is 1. The molecule has 0 rings (SSSR count). The molecule has 0 N–H and O–H groups in total. The minimum Gasteiger partial charge on any atom is -0.212 e. The third kappa shape index (κ3) is 4.11. The van der Waals surface area contributed by atoms with E-state index in [-0.39, 0.29) is 11.3 Å². The summed E-state index contributed by atoms with van der Waals surface area (Å²) in [5, 5.41) is -0.316. The first-order valence-corrected chi connectivity index (χ1v) is 7.38. The second kappa shape index (κ2) is 6.48. The molecule has 0 aliphatic rings. The van der Waals surface area contributed by atoms with E-state index in [4.69, 9.17) is 0 Å². The molecule has 3 nitrogen and oxygen atoms in total. The van der Waals surface area contributed by atoms with Gasteiger partial charge in [0.1, 0.15) is 0 Å². The van der Waals surface area contributed by atoms with Crippen molar-refractivity contribution in [2.45, 2.75) is 65.2 Å². The van der Waals surface area contributed by atoms with Gasteiger partial charge in [-0.05, 0) is 33.6 Å². The molecule has 0 aliphatic carbocycles. The maximum Gasteiger partial charge on any atom is 0.216 e. The average Bonchev–Trinajstić information content (AvgIpc) is 2.17. The summed E-state index contributed by atoms with van der Waals surface area (Å²) < 4.78 is 25.8. The fourth-order valence-corrected chi connectivity index (χ4v) is 2.96. The van der Waals surface area contributed by atoms with E-state index in [1.165, 1.54) is 0 Å². The van der Waals surface area contributed by atoms with E-state index in [0.717, 1.165) is 19.3 Å². The molecule has 0 spiro atoms. The SMILES string of the molecule is CCCCN(C(C)CC)S(=O)(=O)C(C)C. The zero-order valence-corrected chi connectivity index (χ0v) is 11.5. The molecule has 0 heterocycles. The molecule has 0 aromatic heterocycles. The van der Waals surface area contributed by atoms with Crippen molar-refractivity contribution in [3.8, 4) is 0 Å². The van der Waals surface area contributed by atoms with E-state index in [0.29, 0.717) is 6.54 Å². The first-order valence-electron chi connectivity index (χ1n) is 5.88. The lowest BCUT2D eigenvalue weighted by Gasteiger charge is -2.29. The quantitative estimate of drug-likeness (QED) is 0.680. The average molecular weight is 235 g/mol. The number of nitrogens with zero attached hydrogens (tertiary/aromatic N) is 1. The summed E-state index contributed by atoms with van der Waals surface area (Å²) in [7, 11) is -3.09. The van der Waals surface area contributed by atoms with Crippen molar-refractivity contribution < 1.29 is 8.42 Å². The van der Waals surface area contributed by atoms with Crippen LogP contribution in [0.3, 0.4) is 0 Å². The Kier molecular flexibility index (Phi) is 6.44. The summed E-state index contributed by atoms with van der Waals surface area (Å²) in [5.74, 6) is 0. The van der Waals surface area contributed by atoms with Crippen molar-refractivity contribution in [1.82, 2.24) is 4.31 Å². The Bertz CT molecular complexity index is 260. The predicted molar refractivity (Wildman–Crippen MR) is 65.4 cm³/mol. The van der Waals surface area contributed by atoms with Crippen molar-refractivity contribution in [2.75, 3.05) is 6.54 Å². The highest BCUT2D eigenvalue weighted by Gasteiger charge is 2.28. The van der Waals surface area contributed by atoms with Gasteiger partial charge in [0.05, 0.1) is 5.25 Å². The van der Waals surface area contributed by atoms with E-state index in [9.17, 15) is 8.42 Å². The molecular weight excluding hydrogens is 210 g/mol. The molecule has 1 unspecified atom stereocenters. The van der Waals surface area contributed by atoms with Crippen LogP contribution >= 0.6 is 0 Å². The van der Waals surface area contributed by atoms with E-state index in [1.54, 1.807) is 18.2 Å². The van der Waals surface area contributed by atoms with Crippen LogP contribution in [0.4, 0.5) is 0 Å². The number of hydrogen-bond acceptors (Lipinski definition) is 2. The van der Waals surface area contributed by atoms with Gasteiger partial charge in [-0.2, -0.15) is 4.31 Å². The fraction of sp³-hybridized carbons (Fsp3) is 1.00. The molecular formula is C11H25NO2S. The monoisotopic (exact) mass is 235 g/mol. The summed E-state index contributed by atoms with van der Waals surface area (Å²) >= 11 is 0. The van der Waals surface area contributed by atoms with Crippen LogP contribution in [0.25, 0.3) is 0 Å². The van der Waals surface area contributed by atoms with Crippen LogP contribution in [-0.4, -0.2) is 30.6 Å². The first-order chi connectivity index (χ1) is 6.87. The lowest BCUT2D eigenvalue weighted by atomic mass is 10.2. The number of hydrogen-bond donors (Lipinski definition) is 0. The Morgan fingerprint density at radius 2 is 1.67 bits per heavy atom. The Hall–Kier alpha value is -0.0900. The Labute approximate surface area is 94.9 Å². The molecule has 4 heteroatoms. The van der Waals surface area contributed by atoms with Gasteiger partial charge in [0, 0.05) is 12.6 Å². The maximum atomic E-state index is 12.1.